The Hall–Kier alpha value is -1.65. The lowest BCUT2D eigenvalue weighted by Crippen LogP contribution is -2.00. The van der Waals surface area contributed by atoms with Crippen LogP contribution in [0.4, 0.5) is 0 Å². The Morgan fingerprint density at radius 2 is 1.88 bits per heavy atom. The van der Waals surface area contributed by atoms with Gasteiger partial charge in [-0.3, -0.25) is 4.98 Å². The number of hydrogen-bond acceptors (Lipinski definition) is 4. The quantitative estimate of drug-likeness (QED) is 0.902. The molecule has 0 bridgehead atoms. The average Bonchev–Trinajstić information content (AvgIpc) is 2.39. The maximum Gasteiger partial charge on any atom is 0.147 e. The summed E-state index contributed by atoms with van der Waals surface area (Å²) in [4.78, 5) is 8.01. The summed E-state index contributed by atoms with van der Waals surface area (Å²) in [5.41, 5.74) is 7.31. The second kappa shape index (κ2) is 5.61. The van der Waals surface area contributed by atoms with Gasteiger partial charge < -0.3 is 10.5 Å². The number of benzene rings is 1. The van der Waals surface area contributed by atoms with Crippen molar-refractivity contribution in [3.8, 4) is 5.75 Å². The summed E-state index contributed by atoms with van der Waals surface area (Å²) in [5.74, 6) is 0.777. The van der Waals surface area contributed by atoms with Crippen LogP contribution in [0.15, 0.2) is 36.7 Å². The molecular formula is C12H12ClN3O. The molecule has 88 valence electrons. The molecule has 0 fully saturated rings. The Morgan fingerprint density at radius 1 is 1.12 bits per heavy atom. The van der Waals surface area contributed by atoms with Gasteiger partial charge in [-0.05, 0) is 17.7 Å². The van der Waals surface area contributed by atoms with Gasteiger partial charge >= 0.3 is 0 Å². The van der Waals surface area contributed by atoms with E-state index in [1.807, 2.05) is 24.3 Å². The lowest BCUT2D eigenvalue weighted by atomic mass is 10.2. The van der Waals surface area contributed by atoms with Crippen LogP contribution >= 0.6 is 11.6 Å². The van der Waals surface area contributed by atoms with E-state index in [1.54, 1.807) is 6.20 Å². The average molecular weight is 250 g/mol. The number of halogens is 1. The molecule has 0 saturated carbocycles. The molecule has 1 aromatic carbocycles. The van der Waals surface area contributed by atoms with E-state index in [0.29, 0.717) is 18.3 Å². The van der Waals surface area contributed by atoms with Crippen molar-refractivity contribution in [2.75, 3.05) is 0 Å². The van der Waals surface area contributed by atoms with Crippen molar-refractivity contribution in [3.63, 3.8) is 0 Å². The van der Waals surface area contributed by atoms with Crippen LogP contribution in [0.1, 0.15) is 11.3 Å². The Morgan fingerprint density at radius 3 is 2.47 bits per heavy atom. The third kappa shape index (κ3) is 3.41. The molecule has 17 heavy (non-hydrogen) atoms. The molecule has 0 amide bonds. The minimum absolute atomic E-state index is 0.367. The lowest BCUT2D eigenvalue weighted by Gasteiger charge is -2.06. The Labute approximate surface area is 104 Å². The highest BCUT2D eigenvalue weighted by atomic mass is 35.5. The van der Waals surface area contributed by atoms with Crippen molar-refractivity contribution in [2.24, 2.45) is 5.73 Å². The summed E-state index contributed by atoms with van der Waals surface area (Å²) < 4.78 is 5.55. The van der Waals surface area contributed by atoms with Gasteiger partial charge in [0.1, 0.15) is 17.5 Å². The van der Waals surface area contributed by atoms with Crippen molar-refractivity contribution in [1.29, 1.82) is 0 Å². The second-order valence-corrected chi connectivity index (χ2v) is 3.85. The predicted octanol–water partition coefficient (Wildman–Crippen LogP) is 2.17. The number of ether oxygens (including phenoxy) is 1. The van der Waals surface area contributed by atoms with Crippen LogP contribution in [0.3, 0.4) is 0 Å². The molecule has 0 aliphatic rings. The fourth-order valence-electron chi connectivity index (χ4n) is 1.29. The van der Waals surface area contributed by atoms with Gasteiger partial charge in [-0.2, -0.15) is 0 Å². The van der Waals surface area contributed by atoms with Crippen molar-refractivity contribution in [2.45, 2.75) is 13.2 Å². The highest BCUT2D eigenvalue weighted by Crippen LogP contribution is 2.13. The van der Waals surface area contributed by atoms with Crippen molar-refractivity contribution >= 4 is 11.6 Å². The van der Waals surface area contributed by atoms with Gasteiger partial charge in [0.25, 0.3) is 0 Å². The molecule has 5 heteroatoms. The van der Waals surface area contributed by atoms with Gasteiger partial charge in [-0.25, -0.2) is 4.98 Å². The Balaban J connectivity index is 1.95. The first kappa shape index (κ1) is 11.8. The molecule has 2 N–H and O–H groups in total. The van der Waals surface area contributed by atoms with Crippen molar-refractivity contribution in [1.82, 2.24) is 9.97 Å². The first-order valence-electron chi connectivity index (χ1n) is 5.16. The Kier molecular flexibility index (Phi) is 3.90. The number of nitrogens with two attached hydrogens (primary N) is 1. The van der Waals surface area contributed by atoms with Crippen LogP contribution < -0.4 is 10.5 Å². The number of aromatic nitrogens is 2. The fraction of sp³-hybridized carbons (Fsp3) is 0.167. The number of rotatable bonds is 4. The smallest absolute Gasteiger partial charge is 0.147 e. The fourth-order valence-corrected chi connectivity index (χ4v) is 1.39. The first-order chi connectivity index (χ1) is 8.28. The van der Waals surface area contributed by atoms with Crippen LogP contribution in [0, 0.1) is 0 Å². The molecule has 0 aliphatic carbocycles. The summed E-state index contributed by atoms with van der Waals surface area (Å²) in [6, 6.07) is 7.63. The molecule has 0 saturated heterocycles. The monoisotopic (exact) mass is 249 g/mol. The second-order valence-electron chi connectivity index (χ2n) is 3.47. The van der Waals surface area contributed by atoms with Gasteiger partial charge in [-0.1, -0.05) is 23.7 Å². The maximum atomic E-state index is 5.64. The topological polar surface area (TPSA) is 61.0 Å². The van der Waals surface area contributed by atoms with Crippen LogP contribution in [0.5, 0.6) is 5.75 Å². The highest BCUT2D eigenvalue weighted by molar-refractivity contribution is 6.29. The zero-order valence-electron chi connectivity index (χ0n) is 9.14. The zero-order chi connectivity index (χ0) is 12.1. The van der Waals surface area contributed by atoms with E-state index in [-0.39, 0.29) is 0 Å². The molecule has 2 aromatic rings. The molecule has 0 unspecified atom stereocenters. The zero-order valence-corrected chi connectivity index (χ0v) is 9.89. The van der Waals surface area contributed by atoms with Crippen molar-refractivity contribution in [3.05, 3.63) is 53.1 Å². The predicted molar refractivity (Wildman–Crippen MR) is 65.7 cm³/mol. The SMILES string of the molecule is NCc1ccc(OCc2cnc(Cl)cn2)cc1. The molecular weight excluding hydrogens is 238 g/mol. The van der Waals surface area contributed by atoms with E-state index in [1.165, 1.54) is 6.20 Å². The van der Waals surface area contributed by atoms with Crippen LogP contribution in [-0.4, -0.2) is 9.97 Å². The molecule has 1 heterocycles. The normalized spacial score (nSPS) is 10.2. The third-order valence-corrected chi connectivity index (χ3v) is 2.41. The summed E-state index contributed by atoms with van der Waals surface area (Å²) in [6.45, 7) is 0.898. The van der Waals surface area contributed by atoms with E-state index >= 15 is 0 Å². The highest BCUT2D eigenvalue weighted by Gasteiger charge is 1.98. The molecule has 4 nitrogen and oxygen atoms in total. The summed E-state index contributed by atoms with van der Waals surface area (Å²) in [6.07, 6.45) is 3.09. The van der Waals surface area contributed by atoms with Crippen molar-refractivity contribution < 1.29 is 4.74 Å². The first-order valence-corrected chi connectivity index (χ1v) is 5.54. The van der Waals surface area contributed by atoms with E-state index in [0.717, 1.165) is 17.0 Å². The summed E-state index contributed by atoms with van der Waals surface area (Å²) in [7, 11) is 0. The van der Waals surface area contributed by atoms with Gasteiger partial charge in [0.2, 0.25) is 0 Å². The molecule has 0 atom stereocenters. The molecule has 0 aliphatic heterocycles. The van der Waals surface area contributed by atoms with Gasteiger partial charge in [-0.15, -0.1) is 0 Å². The lowest BCUT2D eigenvalue weighted by molar-refractivity contribution is 0.300. The molecule has 2 rings (SSSR count). The number of nitrogens with zero attached hydrogens (tertiary/aromatic N) is 2. The van der Waals surface area contributed by atoms with Crippen LogP contribution in [0.25, 0.3) is 0 Å². The van der Waals surface area contributed by atoms with E-state index < -0.39 is 0 Å². The molecule has 0 radical (unpaired) electrons. The largest absolute Gasteiger partial charge is 0.487 e. The minimum Gasteiger partial charge on any atom is -0.487 e. The maximum absolute atomic E-state index is 5.64. The van der Waals surface area contributed by atoms with Crippen LogP contribution in [-0.2, 0) is 13.2 Å². The molecule has 0 spiro atoms. The number of hydrogen-bond donors (Lipinski definition) is 1. The van der Waals surface area contributed by atoms with Gasteiger partial charge in [0, 0.05) is 6.54 Å². The van der Waals surface area contributed by atoms with Gasteiger partial charge in [0.05, 0.1) is 18.1 Å². The van der Waals surface area contributed by atoms with Crippen LogP contribution in [0.2, 0.25) is 5.15 Å². The summed E-state index contributed by atoms with van der Waals surface area (Å²) >= 11 is 5.64. The van der Waals surface area contributed by atoms with E-state index in [2.05, 4.69) is 9.97 Å². The Bertz CT molecular complexity index is 470. The minimum atomic E-state index is 0.367. The van der Waals surface area contributed by atoms with E-state index in [9.17, 15) is 0 Å². The standard InChI is InChI=1S/C12H12ClN3O/c13-12-7-15-10(6-16-12)8-17-11-3-1-9(5-14)2-4-11/h1-4,6-7H,5,8,14H2. The van der Waals surface area contributed by atoms with Gasteiger partial charge in [0.15, 0.2) is 0 Å². The summed E-state index contributed by atoms with van der Waals surface area (Å²) in [5, 5.41) is 0.376. The van der Waals surface area contributed by atoms with E-state index in [4.69, 9.17) is 22.1 Å². The third-order valence-electron chi connectivity index (χ3n) is 2.22. The molecule has 1 aromatic heterocycles.